The fraction of sp³-hybridized carbons (Fsp3) is 0.455. The highest BCUT2D eigenvalue weighted by Crippen LogP contribution is 2.51. The van der Waals surface area contributed by atoms with E-state index in [0.717, 1.165) is 17.7 Å². The van der Waals surface area contributed by atoms with E-state index < -0.39 is 0 Å². The molecule has 2 aliphatic rings. The standard InChI is InChI=1S/C22H26N4O3/c1-22(2)11-17(22)19(27)24-12-14-10-16-18(25-20(14)29-3)13-26(21(16)28)9-7-15-6-4-5-8-23-15/h4-6,8,10,17H,7,9,11-13H2,1-3H3,(H,24,27)/t17-/m1/s1. The number of ether oxygens (including phenoxy) is 1. The third-order valence-corrected chi connectivity index (χ3v) is 5.84. The maximum absolute atomic E-state index is 12.8. The van der Waals surface area contributed by atoms with Gasteiger partial charge < -0.3 is 15.0 Å². The van der Waals surface area contributed by atoms with Crippen molar-refractivity contribution in [2.24, 2.45) is 11.3 Å². The fourth-order valence-electron chi connectivity index (χ4n) is 3.80. The lowest BCUT2D eigenvalue weighted by atomic mass is 10.1. The molecule has 1 aliphatic heterocycles. The maximum atomic E-state index is 12.8. The lowest BCUT2D eigenvalue weighted by molar-refractivity contribution is -0.123. The summed E-state index contributed by atoms with van der Waals surface area (Å²) in [4.78, 5) is 35.8. The van der Waals surface area contributed by atoms with Crippen LogP contribution in [0.5, 0.6) is 5.88 Å². The molecule has 2 amide bonds. The van der Waals surface area contributed by atoms with E-state index in [0.29, 0.717) is 43.2 Å². The van der Waals surface area contributed by atoms with Gasteiger partial charge in [-0.3, -0.25) is 14.6 Å². The molecule has 1 fully saturated rings. The predicted molar refractivity (Wildman–Crippen MR) is 107 cm³/mol. The number of carbonyl (C=O) groups excluding carboxylic acids is 2. The van der Waals surface area contributed by atoms with E-state index >= 15 is 0 Å². The number of rotatable bonds is 7. The van der Waals surface area contributed by atoms with Gasteiger partial charge in [-0.2, -0.15) is 0 Å². The highest BCUT2D eigenvalue weighted by atomic mass is 16.5. The maximum Gasteiger partial charge on any atom is 0.256 e. The second kappa shape index (κ2) is 7.46. The Morgan fingerprint density at radius 3 is 2.83 bits per heavy atom. The van der Waals surface area contributed by atoms with Gasteiger partial charge in [0.1, 0.15) is 0 Å². The minimum atomic E-state index is -0.0398. The molecule has 152 valence electrons. The minimum absolute atomic E-state index is 0.0398. The van der Waals surface area contributed by atoms with Crippen LogP contribution in [0.1, 0.15) is 47.6 Å². The first-order valence-electron chi connectivity index (χ1n) is 9.93. The molecule has 2 aromatic rings. The summed E-state index contributed by atoms with van der Waals surface area (Å²) in [6, 6.07) is 7.58. The molecule has 0 bridgehead atoms. The Kier molecular flexibility index (Phi) is 4.98. The van der Waals surface area contributed by atoms with Crippen LogP contribution in [0.15, 0.2) is 30.5 Å². The van der Waals surface area contributed by atoms with Gasteiger partial charge in [0, 0.05) is 42.9 Å². The average molecular weight is 394 g/mol. The molecule has 7 heteroatoms. The van der Waals surface area contributed by atoms with Gasteiger partial charge in [-0.15, -0.1) is 0 Å². The molecule has 3 heterocycles. The number of aromatic nitrogens is 2. The molecule has 0 saturated heterocycles. The van der Waals surface area contributed by atoms with Crippen molar-refractivity contribution >= 4 is 11.8 Å². The Bertz CT molecular complexity index is 943. The van der Waals surface area contributed by atoms with Gasteiger partial charge in [0.15, 0.2) is 0 Å². The molecular formula is C22H26N4O3. The van der Waals surface area contributed by atoms with Crippen LogP contribution in [0.4, 0.5) is 0 Å². The Morgan fingerprint density at radius 1 is 1.38 bits per heavy atom. The van der Waals surface area contributed by atoms with Gasteiger partial charge in [0.25, 0.3) is 5.91 Å². The number of hydrogen-bond donors (Lipinski definition) is 1. The molecule has 4 rings (SSSR count). The molecule has 29 heavy (non-hydrogen) atoms. The van der Waals surface area contributed by atoms with Gasteiger partial charge in [-0.25, -0.2) is 4.98 Å². The van der Waals surface area contributed by atoms with Crippen molar-refractivity contribution in [1.29, 1.82) is 0 Å². The SMILES string of the molecule is COc1nc2c(cc1CNC(=O)[C@H]1CC1(C)C)C(=O)N(CCc1ccccn1)C2. The Hall–Kier alpha value is -2.96. The van der Waals surface area contributed by atoms with Crippen LogP contribution in [0.2, 0.25) is 0 Å². The van der Waals surface area contributed by atoms with Crippen molar-refractivity contribution in [2.45, 2.75) is 39.8 Å². The van der Waals surface area contributed by atoms with Crippen molar-refractivity contribution in [1.82, 2.24) is 20.2 Å². The molecule has 1 aliphatic carbocycles. The van der Waals surface area contributed by atoms with Crippen molar-refractivity contribution in [3.63, 3.8) is 0 Å². The molecule has 1 saturated carbocycles. The van der Waals surface area contributed by atoms with Crippen LogP contribution >= 0.6 is 0 Å². The van der Waals surface area contributed by atoms with Gasteiger partial charge in [-0.05, 0) is 30.0 Å². The molecule has 0 unspecified atom stereocenters. The normalized spacial score (nSPS) is 19.1. The summed E-state index contributed by atoms with van der Waals surface area (Å²) in [5, 5.41) is 2.96. The summed E-state index contributed by atoms with van der Waals surface area (Å²) in [6.07, 6.45) is 3.35. The van der Waals surface area contributed by atoms with E-state index in [9.17, 15) is 9.59 Å². The average Bonchev–Trinajstić information content (AvgIpc) is 3.26. The second-order valence-corrected chi connectivity index (χ2v) is 8.41. The molecule has 2 aromatic heterocycles. The zero-order valence-electron chi connectivity index (χ0n) is 17.1. The minimum Gasteiger partial charge on any atom is -0.481 e. The van der Waals surface area contributed by atoms with Crippen LogP contribution < -0.4 is 10.1 Å². The number of pyridine rings is 2. The summed E-state index contributed by atoms with van der Waals surface area (Å²) >= 11 is 0. The molecule has 1 atom stereocenters. The van der Waals surface area contributed by atoms with E-state index in [1.165, 1.54) is 0 Å². The third kappa shape index (κ3) is 3.95. The largest absolute Gasteiger partial charge is 0.481 e. The van der Waals surface area contributed by atoms with Crippen LogP contribution in [0, 0.1) is 11.3 Å². The number of nitrogens with one attached hydrogen (secondary N) is 1. The van der Waals surface area contributed by atoms with Crippen LogP contribution in [0.25, 0.3) is 0 Å². The summed E-state index contributed by atoms with van der Waals surface area (Å²) in [7, 11) is 1.56. The molecule has 1 N–H and O–H groups in total. The van der Waals surface area contributed by atoms with E-state index in [1.54, 1.807) is 18.2 Å². The zero-order chi connectivity index (χ0) is 20.6. The summed E-state index contributed by atoms with van der Waals surface area (Å²) in [5.74, 6) is 0.515. The monoisotopic (exact) mass is 394 g/mol. The summed E-state index contributed by atoms with van der Waals surface area (Å²) in [6.45, 7) is 5.52. The number of methoxy groups -OCH3 is 1. The first-order chi connectivity index (χ1) is 13.9. The summed E-state index contributed by atoms with van der Waals surface area (Å²) in [5.41, 5.74) is 3.05. The molecule has 7 nitrogen and oxygen atoms in total. The Balaban J connectivity index is 1.44. The van der Waals surface area contributed by atoms with Crippen molar-refractivity contribution in [2.75, 3.05) is 13.7 Å². The number of amides is 2. The highest BCUT2D eigenvalue weighted by Gasteiger charge is 2.50. The quantitative estimate of drug-likeness (QED) is 0.779. The molecule has 0 aromatic carbocycles. The zero-order valence-corrected chi connectivity index (χ0v) is 17.1. The van der Waals surface area contributed by atoms with Crippen molar-refractivity contribution in [3.8, 4) is 5.88 Å². The van der Waals surface area contributed by atoms with Crippen molar-refractivity contribution < 1.29 is 14.3 Å². The Labute approximate surface area is 170 Å². The lowest BCUT2D eigenvalue weighted by Gasteiger charge is -2.14. The van der Waals surface area contributed by atoms with Gasteiger partial charge in [0.05, 0.1) is 24.9 Å². The first kappa shape index (κ1) is 19.4. The highest BCUT2D eigenvalue weighted by molar-refractivity contribution is 5.98. The van der Waals surface area contributed by atoms with E-state index in [-0.39, 0.29) is 23.1 Å². The van der Waals surface area contributed by atoms with Crippen LogP contribution in [-0.4, -0.2) is 40.3 Å². The third-order valence-electron chi connectivity index (χ3n) is 5.84. The number of carbonyl (C=O) groups is 2. The van der Waals surface area contributed by atoms with Crippen LogP contribution in [0.3, 0.4) is 0 Å². The summed E-state index contributed by atoms with van der Waals surface area (Å²) < 4.78 is 5.42. The van der Waals surface area contributed by atoms with E-state index in [1.807, 2.05) is 24.3 Å². The molecule has 0 spiro atoms. The number of fused-ring (bicyclic) bond motifs is 1. The fourth-order valence-corrected chi connectivity index (χ4v) is 3.80. The van der Waals surface area contributed by atoms with Gasteiger partial charge >= 0.3 is 0 Å². The number of hydrogen-bond acceptors (Lipinski definition) is 5. The first-order valence-corrected chi connectivity index (χ1v) is 9.93. The lowest BCUT2D eigenvalue weighted by Crippen LogP contribution is -2.27. The van der Waals surface area contributed by atoms with E-state index in [2.05, 4.69) is 29.1 Å². The Morgan fingerprint density at radius 2 is 2.17 bits per heavy atom. The van der Waals surface area contributed by atoms with Gasteiger partial charge in [-0.1, -0.05) is 19.9 Å². The number of nitrogens with zero attached hydrogens (tertiary/aromatic N) is 3. The molecular weight excluding hydrogens is 368 g/mol. The smallest absolute Gasteiger partial charge is 0.256 e. The second-order valence-electron chi connectivity index (χ2n) is 8.41. The predicted octanol–water partition coefficient (Wildman–Crippen LogP) is 2.35. The van der Waals surface area contributed by atoms with Crippen LogP contribution in [-0.2, 0) is 24.3 Å². The topological polar surface area (TPSA) is 84.4 Å². The van der Waals surface area contributed by atoms with Gasteiger partial charge in [0.2, 0.25) is 11.8 Å². The molecule has 0 radical (unpaired) electrons. The van der Waals surface area contributed by atoms with Crippen molar-refractivity contribution in [3.05, 3.63) is 53.0 Å². The van der Waals surface area contributed by atoms with E-state index in [4.69, 9.17) is 4.74 Å².